The number of benzene rings is 2. The molecule has 1 aliphatic rings. The minimum absolute atomic E-state index is 0.0103. The van der Waals surface area contributed by atoms with Crippen molar-refractivity contribution in [2.24, 2.45) is 0 Å². The molecule has 1 aliphatic carbocycles. The van der Waals surface area contributed by atoms with Gasteiger partial charge in [0.2, 0.25) is 0 Å². The molecule has 0 spiro atoms. The van der Waals surface area contributed by atoms with Crippen LogP contribution >= 0.6 is 0 Å². The molecule has 0 saturated heterocycles. The number of ether oxygens (including phenoxy) is 1. The smallest absolute Gasteiger partial charge is 0.119 e. The maximum atomic E-state index is 5.47. The molecular weight excluding hydrogens is 258 g/mol. The standard InChI is InChI=1S/C19H19NO/c1-11-9-12(21-4)10-14-16(11)18-17(19(14,2)3)13-7-5-6-8-15(13)20-18/h5-10,20H,1-4H3. The first-order chi connectivity index (χ1) is 10.0. The van der Waals surface area contributed by atoms with E-state index in [0.717, 1.165) is 5.75 Å². The number of H-pyrrole nitrogens is 1. The van der Waals surface area contributed by atoms with E-state index in [1.54, 1.807) is 7.11 Å². The Balaban J connectivity index is 2.14. The van der Waals surface area contributed by atoms with Gasteiger partial charge in [0.25, 0.3) is 0 Å². The highest BCUT2D eigenvalue weighted by atomic mass is 16.5. The molecule has 0 saturated carbocycles. The third-order valence-electron chi connectivity index (χ3n) is 4.80. The molecule has 1 aromatic heterocycles. The summed E-state index contributed by atoms with van der Waals surface area (Å²) in [5.41, 5.74) is 7.85. The number of hydrogen-bond acceptors (Lipinski definition) is 1. The van der Waals surface area contributed by atoms with Gasteiger partial charge in [-0.2, -0.15) is 0 Å². The van der Waals surface area contributed by atoms with Crippen LogP contribution in [0.5, 0.6) is 5.75 Å². The van der Waals surface area contributed by atoms with Crippen LogP contribution in [0, 0.1) is 6.92 Å². The second-order valence-corrected chi connectivity index (χ2v) is 6.41. The lowest BCUT2D eigenvalue weighted by atomic mass is 9.81. The van der Waals surface area contributed by atoms with Crippen LogP contribution in [-0.4, -0.2) is 12.1 Å². The molecule has 1 N–H and O–H groups in total. The molecule has 2 aromatic carbocycles. The Labute approximate surface area is 124 Å². The Bertz CT molecular complexity index is 871. The third kappa shape index (κ3) is 1.48. The summed E-state index contributed by atoms with van der Waals surface area (Å²) in [7, 11) is 1.73. The molecule has 0 radical (unpaired) electrons. The predicted octanol–water partition coefficient (Wildman–Crippen LogP) is 4.79. The number of methoxy groups -OCH3 is 1. The molecule has 3 aromatic rings. The lowest BCUT2D eigenvalue weighted by Gasteiger charge is -2.22. The van der Waals surface area contributed by atoms with Crippen molar-refractivity contribution in [3.63, 3.8) is 0 Å². The molecule has 0 fully saturated rings. The molecule has 0 unspecified atom stereocenters. The summed E-state index contributed by atoms with van der Waals surface area (Å²) in [6.45, 7) is 6.77. The third-order valence-corrected chi connectivity index (χ3v) is 4.80. The van der Waals surface area contributed by atoms with Crippen molar-refractivity contribution in [1.82, 2.24) is 4.98 Å². The van der Waals surface area contributed by atoms with Crippen LogP contribution in [0.3, 0.4) is 0 Å². The van der Waals surface area contributed by atoms with Crippen LogP contribution in [0.25, 0.3) is 22.2 Å². The summed E-state index contributed by atoms with van der Waals surface area (Å²) < 4.78 is 5.47. The molecule has 0 amide bonds. The van der Waals surface area contributed by atoms with Crippen molar-refractivity contribution in [2.75, 3.05) is 7.11 Å². The Morgan fingerprint density at radius 1 is 1.10 bits per heavy atom. The van der Waals surface area contributed by atoms with Gasteiger partial charge in [0.05, 0.1) is 12.8 Å². The summed E-state index contributed by atoms with van der Waals surface area (Å²) in [4.78, 5) is 3.63. The summed E-state index contributed by atoms with van der Waals surface area (Å²) in [6.07, 6.45) is 0. The highest BCUT2D eigenvalue weighted by molar-refractivity contribution is 5.97. The number of nitrogens with one attached hydrogen (secondary N) is 1. The van der Waals surface area contributed by atoms with Gasteiger partial charge in [-0.05, 0) is 41.8 Å². The number of fused-ring (bicyclic) bond motifs is 5. The molecule has 21 heavy (non-hydrogen) atoms. The van der Waals surface area contributed by atoms with Crippen LogP contribution < -0.4 is 4.74 Å². The van der Waals surface area contributed by atoms with Gasteiger partial charge >= 0.3 is 0 Å². The first-order valence-electron chi connectivity index (χ1n) is 7.34. The minimum Gasteiger partial charge on any atom is -0.497 e. The van der Waals surface area contributed by atoms with Crippen molar-refractivity contribution in [2.45, 2.75) is 26.2 Å². The molecule has 0 aliphatic heterocycles. The molecule has 106 valence electrons. The molecule has 0 atom stereocenters. The van der Waals surface area contributed by atoms with Gasteiger partial charge in [-0.3, -0.25) is 0 Å². The second-order valence-electron chi connectivity index (χ2n) is 6.41. The fraction of sp³-hybridized carbons (Fsp3) is 0.263. The molecule has 2 nitrogen and oxygen atoms in total. The van der Waals surface area contributed by atoms with Gasteiger partial charge in [0.1, 0.15) is 5.75 Å². The lowest BCUT2D eigenvalue weighted by molar-refractivity contribution is 0.413. The average Bonchev–Trinajstić information content (AvgIpc) is 2.94. The van der Waals surface area contributed by atoms with E-state index in [4.69, 9.17) is 4.74 Å². The first-order valence-corrected chi connectivity index (χ1v) is 7.34. The van der Waals surface area contributed by atoms with E-state index in [9.17, 15) is 0 Å². The topological polar surface area (TPSA) is 25.0 Å². The molecule has 0 bridgehead atoms. The normalized spacial score (nSPS) is 15.0. The van der Waals surface area contributed by atoms with Gasteiger partial charge < -0.3 is 9.72 Å². The fourth-order valence-electron chi connectivity index (χ4n) is 3.81. The van der Waals surface area contributed by atoms with E-state index in [2.05, 4.69) is 62.2 Å². The summed E-state index contributed by atoms with van der Waals surface area (Å²) >= 11 is 0. The SMILES string of the molecule is COc1cc(C)c2c(c1)C(C)(C)c1c-2[nH]c2ccccc12. The largest absolute Gasteiger partial charge is 0.497 e. The van der Waals surface area contributed by atoms with E-state index in [-0.39, 0.29) is 5.41 Å². The number of aromatic nitrogens is 1. The maximum Gasteiger partial charge on any atom is 0.119 e. The van der Waals surface area contributed by atoms with Crippen LogP contribution in [0.2, 0.25) is 0 Å². The van der Waals surface area contributed by atoms with Crippen molar-refractivity contribution in [1.29, 1.82) is 0 Å². The quantitative estimate of drug-likeness (QED) is 0.679. The van der Waals surface area contributed by atoms with Crippen LogP contribution in [0.1, 0.15) is 30.5 Å². The zero-order valence-corrected chi connectivity index (χ0v) is 12.9. The Morgan fingerprint density at radius 3 is 2.62 bits per heavy atom. The van der Waals surface area contributed by atoms with Crippen molar-refractivity contribution >= 4 is 10.9 Å². The van der Waals surface area contributed by atoms with Crippen LogP contribution in [0.15, 0.2) is 36.4 Å². The number of hydrogen-bond donors (Lipinski definition) is 1. The first kappa shape index (κ1) is 12.5. The van der Waals surface area contributed by atoms with E-state index in [0.29, 0.717) is 0 Å². The zero-order chi connectivity index (χ0) is 14.8. The molecule has 4 rings (SSSR count). The van der Waals surface area contributed by atoms with E-state index in [1.807, 2.05) is 0 Å². The van der Waals surface area contributed by atoms with E-state index in [1.165, 1.54) is 38.9 Å². The zero-order valence-electron chi connectivity index (χ0n) is 12.9. The van der Waals surface area contributed by atoms with Gasteiger partial charge in [0.15, 0.2) is 0 Å². The Kier molecular flexibility index (Phi) is 2.33. The minimum atomic E-state index is -0.0103. The highest BCUT2D eigenvalue weighted by Gasteiger charge is 2.39. The lowest BCUT2D eigenvalue weighted by Crippen LogP contribution is -2.15. The molecule has 2 heteroatoms. The van der Waals surface area contributed by atoms with Crippen LogP contribution in [0.4, 0.5) is 0 Å². The average molecular weight is 277 g/mol. The monoisotopic (exact) mass is 277 g/mol. The van der Waals surface area contributed by atoms with Gasteiger partial charge in [0, 0.05) is 21.9 Å². The van der Waals surface area contributed by atoms with Gasteiger partial charge in [-0.25, -0.2) is 0 Å². The Morgan fingerprint density at radius 2 is 1.86 bits per heavy atom. The summed E-state index contributed by atoms with van der Waals surface area (Å²) in [5.74, 6) is 0.939. The second kappa shape index (κ2) is 3.91. The van der Waals surface area contributed by atoms with Gasteiger partial charge in [-0.1, -0.05) is 32.0 Å². The number of aryl methyl sites for hydroxylation is 1. The summed E-state index contributed by atoms with van der Waals surface area (Å²) in [6, 6.07) is 12.9. The Hall–Kier alpha value is -2.22. The van der Waals surface area contributed by atoms with E-state index < -0.39 is 0 Å². The van der Waals surface area contributed by atoms with E-state index >= 15 is 0 Å². The molecule has 1 heterocycles. The van der Waals surface area contributed by atoms with Gasteiger partial charge in [-0.15, -0.1) is 0 Å². The summed E-state index contributed by atoms with van der Waals surface area (Å²) in [5, 5.41) is 1.33. The van der Waals surface area contributed by atoms with Crippen molar-refractivity contribution < 1.29 is 4.74 Å². The maximum absolute atomic E-state index is 5.47. The van der Waals surface area contributed by atoms with Crippen LogP contribution in [-0.2, 0) is 5.41 Å². The number of aromatic amines is 1. The van der Waals surface area contributed by atoms with Crippen molar-refractivity contribution in [3.05, 3.63) is 53.1 Å². The van der Waals surface area contributed by atoms with Crippen molar-refractivity contribution in [3.8, 4) is 17.0 Å². The number of rotatable bonds is 1. The number of para-hydroxylation sites is 1. The predicted molar refractivity (Wildman–Crippen MR) is 87.2 cm³/mol. The fourth-order valence-corrected chi connectivity index (χ4v) is 3.81. The highest BCUT2D eigenvalue weighted by Crippen LogP contribution is 2.53. The molecular formula is C19H19NO.